The molecule has 1 amide bonds. The summed E-state index contributed by atoms with van der Waals surface area (Å²) in [6.45, 7) is 0.724. The first-order chi connectivity index (χ1) is 10.6. The molecule has 1 aromatic heterocycles. The highest BCUT2D eigenvalue weighted by Gasteiger charge is 2.32. The largest absolute Gasteiger partial charge is 0.368 e. The molecule has 0 spiro atoms. The van der Waals surface area contributed by atoms with Crippen LogP contribution >= 0.6 is 11.8 Å². The summed E-state index contributed by atoms with van der Waals surface area (Å²) in [5, 5.41) is -0.0978. The van der Waals surface area contributed by atoms with Crippen molar-refractivity contribution >= 4 is 35.3 Å². The molecule has 1 atom stereocenters. The SMILES string of the molecule is Nc1nc(N)nc(CS[C@H]2CCN(c3ccccc3)C2=O)n1. The molecule has 8 heteroatoms. The van der Waals surface area contributed by atoms with Crippen LogP contribution in [0, 0.1) is 0 Å². The third-order valence-corrected chi connectivity index (χ3v) is 4.62. The second kappa shape index (κ2) is 6.18. The van der Waals surface area contributed by atoms with Crippen molar-refractivity contribution in [2.24, 2.45) is 0 Å². The van der Waals surface area contributed by atoms with E-state index in [-0.39, 0.29) is 23.1 Å². The molecule has 3 rings (SSSR count). The highest BCUT2D eigenvalue weighted by molar-refractivity contribution is 7.99. The van der Waals surface area contributed by atoms with Crippen molar-refractivity contribution < 1.29 is 4.79 Å². The average molecular weight is 316 g/mol. The third-order valence-electron chi connectivity index (χ3n) is 3.35. The number of carbonyl (C=O) groups is 1. The van der Waals surface area contributed by atoms with E-state index < -0.39 is 0 Å². The van der Waals surface area contributed by atoms with Gasteiger partial charge in [-0.15, -0.1) is 11.8 Å². The second-order valence-corrected chi connectivity index (χ2v) is 6.07. The minimum Gasteiger partial charge on any atom is -0.368 e. The van der Waals surface area contributed by atoms with Gasteiger partial charge in [0, 0.05) is 12.2 Å². The standard InChI is InChI=1S/C14H16N6OS/c15-13-17-11(18-14(16)19-13)8-22-10-6-7-20(12(10)21)9-4-2-1-3-5-9/h1-5,10H,6-8H2,(H4,15,16,17,18,19)/t10-/m0/s1. The van der Waals surface area contributed by atoms with E-state index in [0.717, 1.165) is 18.7 Å². The zero-order valence-electron chi connectivity index (χ0n) is 11.8. The smallest absolute Gasteiger partial charge is 0.240 e. The van der Waals surface area contributed by atoms with Crippen LogP contribution in [-0.4, -0.2) is 32.7 Å². The van der Waals surface area contributed by atoms with Crippen LogP contribution in [0.5, 0.6) is 0 Å². The van der Waals surface area contributed by atoms with Crippen molar-refractivity contribution in [1.29, 1.82) is 0 Å². The lowest BCUT2D eigenvalue weighted by Gasteiger charge is -2.16. The van der Waals surface area contributed by atoms with Crippen molar-refractivity contribution in [1.82, 2.24) is 15.0 Å². The predicted octanol–water partition coefficient (Wildman–Crippen LogP) is 1.07. The Morgan fingerprint density at radius 2 is 1.82 bits per heavy atom. The van der Waals surface area contributed by atoms with E-state index in [1.165, 1.54) is 11.8 Å². The van der Waals surface area contributed by atoms with Crippen LogP contribution in [0.4, 0.5) is 17.6 Å². The summed E-state index contributed by atoms with van der Waals surface area (Å²) in [6, 6.07) is 9.68. The number of thioether (sulfide) groups is 1. The molecular formula is C14H16N6OS. The highest BCUT2D eigenvalue weighted by Crippen LogP contribution is 2.29. The van der Waals surface area contributed by atoms with Crippen molar-refractivity contribution in [3.8, 4) is 0 Å². The minimum absolute atomic E-state index is 0.0978. The number of rotatable bonds is 4. The van der Waals surface area contributed by atoms with Gasteiger partial charge in [-0.2, -0.15) is 15.0 Å². The first-order valence-electron chi connectivity index (χ1n) is 6.87. The molecule has 0 bridgehead atoms. The molecule has 0 aliphatic carbocycles. The number of amides is 1. The van der Waals surface area contributed by atoms with Gasteiger partial charge in [-0.05, 0) is 18.6 Å². The molecule has 7 nitrogen and oxygen atoms in total. The Kier molecular flexibility index (Phi) is 4.10. The number of anilines is 3. The topological polar surface area (TPSA) is 111 Å². The summed E-state index contributed by atoms with van der Waals surface area (Å²) >= 11 is 1.51. The molecule has 114 valence electrons. The van der Waals surface area contributed by atoms with E-state index in [2.05, 4.69) is 15.0 Å². The van der Waals surface area contributed by atoms with Gasteiger partial charge in [0.1, 0.15) is 5.82 Å². The summed E-state index contributed by atoms with van der Waals surface area (Å²) in [5.41, 5.74) is 12.0. The van der Waals surface area contributed by atoms with Gasteiger partial charge in [-0.25, -0.2) is 0 Å². The maximum absolute atomic E-state index is 12.5. The number of hydrogen-bond donors (Lipinski definition) is 2. The molecule has 1 fully saturated rings. The minimum atomic E-state index is -0.0978. The average Bonchev–Trinajstić information content (AvgIpc) is 2.86. The first kappa shape index (κ1) is 14.6. The molecule has 1 aromatic carbocycles. The predicted molar refractivity (Wildman–Crippen MR) is 87.1 cm³/mol. The zero-order valence-corrected chi connectivity index (χ0v) is 12.7. The molecule has 0 saturated carbocycles. The van der Waals surface area contributed by atoms with Crippen molar-refractivity contribution in [3.05, 3.63) is 36.2 Å². The lowest BCUT2D eigenvalue weighted by Crippen LogP contribution is -2.28. The van der Waals surface area contributed by atoms with Gasteiger partial charge in [0.05, 0.1) is 11.0 Å². The Bertz CT molecular complexity index is 660. The normalized spacial score (nSPS) is 17.9. The maximum Gasteiger partial charge on any atom is 0.240 e. The summed E-state index contributed by atoms with van der Waals surface area (Å²) in [6.07, 6.45) is 0.800. The van der Waals surface area contributed by atoms with E-state index in [1.807, 2.05) is 35.2 Å². The van der Waals surface area contributed by atoms with E-state index in [1.54, 1.807) is 0 Å². The third kappa shape index (κ3) is 3.11. The number of hydrogen-bond acceptors (Lipinski definition) is 7. The quantitative estimate of drug-likeness (QED) is 0.868. The van der Waals surface area contributed by atoms with Gasteiger partial charge in [-0.3, -0.25) is 4.79 Å². The van der Waals surface area contributed by atoms with E-state index in [0.29, 0.717) is 11.6 Å². The first-order valence-corrected chi connectivity index (χ1v) is 7.92. The van der Waals surface area contributed by atoms with Crippen LogP contribution in [0.2, 0.25) is 0 Å². The van der Waals surface area contributed by atoms with E-state index in [9.17, 15) is 4.79 Å². The number of para-hydroxylation sites is 1. The van der Waals surface area contributed by atoms with Gasteiger partial charge in [0.15, 0.2) is 0 Å². The Morgan fingerprint density at radius 1 is 1.14 bits per heavy atom. The number of aromatic nitrogens is 3. The fourth-order valence-corrected chi connectivity index (χ4v) is 3.39. The van der Waals surface area contributed by atoms with Crippen LogP contribution in [0.15, 0.2) is 30.3 Å². The number of nitrogens with two attached hydrogens (primary N) is 2. The lowest BCUT2D eigenvalue weighted by molar-refractivity contribution is -0.116. The van der Waals surface area contributed by atoms with Crippen LogP contribution < -0.4 is 16.4 Å². The fraction of sp³-hybridized carbons (Fsp3) is 0.286. The fourth-order valence-electron chi connectivity index (χ4n) is 2.37. The van der Waals surface area contributed by atoms with Crippen molar-refractivity contribution in [2.75, 3.05) is 22.9 Å². The molecule has 4 N–H and O–H groups in total. The molecule has 0 radical (unpaired) electrons. The highest BCUT2D eigenvalue weighted by atomic mass is 32.2. The van der Waals surface area contributed by atoms with Crippen molar-refractivity contribution in [2.45, 2.75) is 17.4 Å². The van der Waals surface area contributed by atoms with Gasteiger partial charge >= 0.3 is 0 Å². The molecule has 2 aromatic rings. The molecule has 22 heavy (non-hydrogen) atoms. The number of nitrogen functional groups attached to an aromatic ring is 2. The number of nitrogens with zero attached hydrogens (tertiary/aromatic N) is 4. The summed E-state index contributed by atoms with van der Waals surface area (Å²) in [5.74, 6) is 1.31. The van der Waals surface area contributed by atoms with Crippen LogP contribution in [-0.2, 0) is 10.5 Å². The maximum atomic E-state index is 12.5. The number of carbonyl (C=O) groups excluding carboxylic acids is 1. The number of benzene rings is 1. The Balaban J connectivity index is 1.64. The molecule has 0 unspecified atom stereocenters. The van der Waals surface area contributed by atoms with Gasteiger partial charge < -0.3 is 16.4 Å². The summed E-state index contributed by atoms with van der Waals surface area (Å²) in [4.78, 5) is 26.1. The van der Waals surface area contributed by atoms with Gasteiger partial charge in [0.25, 0.3) is 0 Å². The lowest BCUT2D eigenvalue weighted by atomic mass is 10.3. The Hall–Kier alpha value is -2.35. The molecule has 2 heterocycles. The molecule has 1 aliphatic heterocycles. The Morgan fingerprint density at radius 3 is 2.50 bits per heavy atom. The van der Waals surface area contributed by atoms with Crippen LogP contribution in [0.1, 0.15) is 12.2 Å². The van der Waals surface area contributed by atoms with Crippen LogP contribution in [0.3, 0.4) is 0 Å². The molecular weight excluding hydrogens is 300 g/mol. The Labute approximate surface area is 132 Å². The zero-order chi connectivity index (χ0) is 15.5. The van der Waals surface area contributed by atoms with Gasteiger partial charge in [0.2, 0.25) is 17.8 Å². The van der Waals surface area contributed by atoms with Gasteiger partial charge in [-0.1, -0.05) is 18.2 Å². The van der Waals surface area contributed by atoms with E-state index in [4.69, 9.17) is 11.5 Å². The molecule has 1 aliphatic rings. The summed E-state index contributed by atoms with van der Waals surface area (Å²) in [7, 11) is 0. The van der Waals surface area contributed by atoms with E-state index >= 15 is 0 Å². The van der Waals surface area contributed by atoms with Crippen LogP contribution in [0.25, 0.3) is 0 Å². The summed E-state index contributed by atoms with van der Waals surface area (Å²) < 4.78 is 0. The molecule has 1 saturated heterocycles. The monoisotopic (exact) mass is 316 g/mol. The van der Waals surface area contributed by atoms with Crippen molar-refractivity contribution in [3.63, 3.8) is 0 Å². The second-order valence-electron chi connectivity index (χ2n) is 4.88.